The Hall–Kier alpha value is -3.02. The summed E-state index contributed by atoms with van der Waals surface area (Å²) in [7, 11) is 1.90. The van der Waals surface area contributed by atoms with Crippen LogP contribution in [-0.4, -0.2) is 29.5 Å². The maximum Gasteiger partial charge on any atom is 0.182 e. The molecule has 6 nitrogen and oxygen atoms in total. The third-order valence-electron chi connectivity index (χ3n) is 4.21. The van der Waals surface area contributed by atoms with Crippen LogP contribution >= 0.6 is 0 Å². The molecule has 0 N–H and O–H groups in total. The smallest absolute Gasteiger partial charge is 0.182 e. The van der Waals surface area contributed by atoms with Gasteiger partial charge in [-0.3, -0.25) is 14.3 Å². The Labute approximate surface area is 139 Å². The first-order chi connectivity index (χ1) is 11.7. The molecule has 4 aromatic rings. The third kappa shape index (κ3) is 2.27. The molecule has 4 rings (SSSR count). The molecular weight excluding hydrogens is 300 g/mol. The fraction of sp³-hybridized carbons (Fsp3) is 0.222. The van der Waals surface area contributed by atoms with Gasteiger partial charge in [-0.1, -0.05) is 6.07 Å². The summed E-state index contributed by atoms with van der Waals surface area (Å²) in [4.78, 5) is 9.29. The monoisotopic (exact) mass is 318 g/mol. The lowest BCUT2D eigenvalue weighted by atomic mass is 10.0. The van der Waals surface area contributed by atoms with E-state index in [9.17, 15) is 0 Å². The lowest BCUT2D eigenvalue weighted by Gasteiger charge is -2.06. The summed E-state index contributed by atoms with van der Waals surface area (Å²) in [6.45, 7) is 4.98. The second kappa shape index (κ2) is 5.56. The Morgan fingerprint density at radius 2 is 2.04 bits per heavy atom. The first kappa shape index (κ1) is 14.6. The zero-order valence-corrected chi connectivity index (χ0v) is 13.9. The highest BCUT2D eigenvalue weighted by Crippen LogP contribution is 2.32. The molecular formula is C18H18N6. The second-order valence-corrected chi connectivity index (χ2v) is 5.77. The summed E-state index contributed by atoms with van der Waals surface area (Å²) in [5, 5.41) is 9.97. The van der Waals surface area contributed by atoms with Gasteiger partial charge in [0.1, 0.15) is 0 Å². The Kier molecular flexibility index (Phi) is 3.37. The van der Waals surface area contributed by atoms with E-state index in [1.54, 1.807) is 4.68 Å². The molecule has 0 amide bonds. The highest BCUT2D eigenvalue weighted by molar-refractivity contribution is 5.95. The van der Waals surface area contributed by atoms with Gasteiger partial charge < -0.3 is 0 Å². The van der Waals surface area contributed by atoms with E-state index < -0.39 is 0 Å². The number of nitrogens with zero attached hydrogens (tertiary/aromatic N) is 6. The van der Waals surface area contributed by atoms with Crippen molar-refractivity contribution in [3.05, 3.63) is 48.5 Å². The van der Waals surface area contributed by atoms with Crippen molar-refractivity contribution in [1.29, 1.82) is 0 Å². The van der Waals surface area contributed by atoms with Crippen molar-refractivity contribution in [2.24, 2.45) is 7.05 Å². The van der Waals surface area contributed by atoms with Gasteiger partial charge in [-0.15, -0.1) is 0 Å². The summed E-state index contributed by atoms with van der Waals surface area (Å²) in [5.74, 6) is 0. The van der Waals surface area contributed by atoms with Gasteiger partial charge in [-0.05, 0) is 32.0 Å². The minimum Gasteiger partial charge on any atom is -0.275 e. The summed E-state index contributed by atoms with van der Waals surface area (Å²) in [6, 6.07) is 8.02. The van der Waals surface area contributed by atoms with Crippen LogP contribution in [0.1, 0.15) is 12.6 Å². The molecule has 0 aromatic carbocycles. The predicted octanol–water partition coefficient (Wildman–Crippen LogP) is 3.22. The van der Waals surface area contributed by atoms with Crippen molar-refractivity contribution in [3.63, 3.8) is 0 Å². The van der Waals surface area contributed by atoms with Crippen molar-refractivity contribution in [2.75, 3.05) is 0 Å². The predicted molar refractivity (Wildman–Crippen MR) is 93.4 cm³/mol. The van der Waals surface area contributed by atoms with E-state index in [0.717, 1.165) is 45.8 Å². The molecule has 4 heterocycles. The van der Waals surface area contributed by atoms with Crippen molar-refractivity contribution >= 4 is 11.0 Å². The van der Waals surface area contributed by atoms with Gasteiger partial charge in [0.15, 0.2) is 5.65 Å². The molecule has 0 radical (unpaired) electrons. The van der Waals surface area contributed by atoms with Crippen LogP contribution in [-0.2, 0) is 13.6 Å². The number of aromatic nitrogens is 6. The molecule has 4 aromatic heterocycles. The van der Waals surface area contributed by atoms with E-state index >= 15 is 0 Å². The topological polar surface area (TPSA) is 61.4 Å². The zero-order valence-electron chi connectivity index (χ0n) is 13.9. The summed E-state index contributed by atoms with van der Waals surface area (Å²) < 4.78 is 3.76. The fourth-order valence-electron chi connectivity index (χ4n) is 3.01. The Morgan fingerprint density at radius 1 is 1.17 bits per heavy atom. The highest BCUT2D eigenvalue weighted by atomic mass is 15.3. The molecule has 0 atom stereocenters. The molecule has 6 heteroatoms. The van der Waals surface area contributed by atoms with Crippen LogP contribution in [0, 0.1) is 6.92 Å². The third-order valence-corrected chi connectivity index (χ3v) is 4.21. The van der Waals surface area contributed by atoms with Crippen LogP contribution in [0.15, 0.2) is 42.9 Å². The van der Waals surface area contributed by atoms with E-state index in [-0.39, 0.29) is 0 Å². The number of aryl methyl sites for hydroxylation is 3. The SMILES string of the molecule is CCn1nc2nc(-c3cnn(C)c3)cc(-c3ccccn3)c2c1C. The molecule has 120 valence electrons. The van der Waals surface area contributed by atoms with Gasteiger partial charge >= 0.3 is 0 Å². The highest BCUT2D eigenvalue weighted by Gasteiger charge is 2.17. The zero-order chi connectivity index (χ0) is 16.7. The van der Waals surface area contributed by atoms with Crippen molar-refractivity contribution < 1.29 is 0 Å². The Morgan fingerprint density at radius 3 is 2.71 bits per heavy atom. The first-order valence-electron chi connectivity index (χ1n) is 7.96. The van der Waals surface area contributed by atoms with Gasteiger partial charge in [0.2, 0.25) is 0 Å². The van der Waals surface area contributed by atoms with E-state index in [2.05, 4.69) is 35.1 Å². The van der Waals surface area contributed by atoms with Gasteiger partial charge in [0, 0.05) is 42.8 Å². The quantitative estimate of drug-likeness (QED) is 0.582. The van der Waals surface area contributed by atoms with Gasteiger partial charge in [0.25, 0.3) is 0 Å². The average molecular weight is 318 g/mol. The molecule has 0 saturated carbocycles. The fourth-order valence-corrected chi connectivity index (χ4v) is 3.01. The lowest BCUT2D eigenvalue weighted by Crippen LogP contribution is -1.98. The van der Waals surface area contributed by atoms with Crippen LogP contribution in [0.2, 0.25) is 0 Å². The van der Waals surface area contributed by atoms with E-state index in [4.69, 9.17) is 4.98 Å². The summed E-state index contributed by atoms with van der Waals surface area (Å²) >= 11 is 0. The van der Waals surface area contributed by atoms with Crippen molar-refractivity contribution in [3.8, 4) is 22.5 Å². The van der Waals surface area contributed by atoms with E-state index in [1.165, 1.54) is 0 Å². The number of pyridine rings is 2. The summed E-state index contributed by atoms with van der Waals surface area (Å²) in [6.07, 6.45) is 5.59. The van der Waals surface area contributed by atoms with E-state index in [0.29, 0.717) is 0 Å². The van der Waals surface area contributed by atoms with Crippen LogP contribution in [0.25, 0.3) is 33.5 Å². The largest absolute Gasteiger partial charge is 0.275 e. The number of fused-ring (bicyclic) bond motifs is 1. The maximum atomic E-state index is 4.76. The lowest BCUT2D eigenvalue weighted by molar-refractivity contribution is 0.646. The van der Waals surface area contributed by atoms with Crippen LogP contribution in [0.4, 0.5) is 0 Å². The minimum absolute atomic E-state index is 0.747. The molecule has 0 aliphatic rings. The van der Waals surface area contributed by atoms with Gasteiger partial charge in [0.05, 0.1) is 23.0 Å². The van der Waals surface area contributed by atoms with Crippen molar-refractivity contribution in [1.82, 2.24) is 29.5 Å². The molecule has 0 aliphatic heterocycles. The van der Waals surface area contributed by atoms with E-state index in [1.807, 2.05) is 48.5 Å². The second-order valence-electron chi connectivity index (χ2n) is 5.77. The molecule has 0 fully saturated rings. The summed E-state index contributed by atoms with van der Waals surface area (Å²) in [5.41, 5.74) is 5.66. The van der Waals surface area contributed by atoms with Gasteiger partial charge in [-0.25, -0.2) is 4.98 Å². The molecule has 0 aliphatic carbocycles. The Bertz CT molecular complexity index is 1010. The Balaban J connectivity index is 2.04. The molecule has 0 spiro atoms. The number of rotatable bonds is 3. The first-order valence-corrected chi connectivity index (χ1v) is 7.96. The number of hydrogen-bond donors (Lipinski definition) is 0. The molecule has 0 bridgehead atoms. The molecule has 0 saturated heterocycles. The number of hydrogen-bond acceptors (Lipinski definition) is 4. The van der Waals surface area contributed by atoms with Gasteiger partial charge in [-0.2, -0.15) is 10.2 Å². The van der Waals surface area contributed by atoms with Crippen LogP contribution < -0.4 is 0 Å². The van der Waals surface area contributed by atoms with Crippen molar-refractivity contribution in [2.45, 2.75) is 20.4 Å². The standard InChI is InChI=1S/C18H18N6/c1-4-24-12(2)17-14(15-7-5-6-8-19-15)9-16(21-18(17)22-24)13-10-20-23(3)11-13/h5-11H,4H2,1-3H3. The normalized spacial score (nSPS) is 11.3. The van der Waals surface area contributed by atoms with Crippen LogP contribution in [0.5, 0.6) is 0 Å². The average Bonchev–Trinajstić information content (AvgIpc) is 3.18. The molecule has 0 unspecified atom stereocenters. The molecule has 24 heavy (non-hydrogen) atoms. The maximum absolute atomic E-state index is 4.76. The minimum atomic E-state index is 0.747. The van der Waals surface area contributed by atoms with Crippen LogP contribution in [0.3, 0.4) is 0 Å².